The van der Waals surface area contributed by atoms with Crippen LogP contribution in [0.5, 0.6) is 17.2 Å². The molecule has 0 spiro atoms. The minimum absolute atomic E-state index is 0.0325. The molecule has 3 aromatic carbocycles. The van der Waals surface area contributed by atoms with Gasteiger partial charge in [-0.1, -0.05) is 29.8 Å². The van der Waals surface area contributed by atoms with E-state index in [-0.39, 0.29) is 47.9 Å². The second-order valence-electron chi connectivity index (χ2n) is 7.30. The number of ether oxygens (including phenoxy) is 3. The van der Waals surface area contributed by atoms with Crippen molar-refractivity contribution < 1.29 is 33.3 Å². The fourth-order valence-corrected chi connectivity index (χ4v) is 3.50. The van der Waals surface area contributed by atoms with E-state index in [1.807, 2.05) is 6.07 Å². The average Bonchev–Trinajstić information content (AvgIpc) is 3.27. The fraction of sp³-hybridized carbons (Fsp3) is 0.167. The van der Waals surface area contributed by atoms with Crippen LogP contribution in [0.2, 0.25) is 5.02 Å². The zero-order valence-corrected chi connectivity index (χ0v) is 18.0. The second-order valence-corrected chi connectivity index (χ2v) is 7.73. The minimum atomic E-state index is -1.22. The van der Waals surface area contributed by atoms with Crippen LogP contribution in [-0.2, 0) is 17.9 Å². The molecular formula is C24H19ClFNO6. The number of hydrogen-bond acceptors (Lipinski definition) is 5. The summed E-state index contributed by atoms with van der Waals surface area (Å²) in [7, 11) is 0. The number of carbonyl (C=O) groups is 2. The molecule has 0 unspecified atom stereocenters. The van der Waals surface area contributed by atoms with Gasteiger partial charge in [-0.25, -0.2) is 9.18 Å². The Balaban J connectivity index is 1.52. The molecule has 0 saturated carbocycles. The van der Waals surface area contributed by atoms with Crippen molar-refractivity contribution in [3.8, 4) is 17.2 Å². The third-order valence-electron chi connectivity index (χ3n) is 4.97. The van der Waals surface area contributed by atoms with Crippen molar-refractivity contribution >= 4 is 23.5 Å². The fourth-order valence-electron chi connectivity index (χ4n) is 3.33. The first-order chi connectivity index (χ1) is 15.9. The number of carboxylic acids is 1. The molecule has 170 valence electrons. The molecular weight excluding hydrogens is 453 g/mol. The molecule has 4 rings (SSSR count). The highest BCUT2D eigenvalue weighted by Crippen LogP contribution is 2.33. The quantitative estimate of drug-likeness (QED) is 0.520. The monoisotopic (exact) mass is 471 g/mol. The van der Waals surface area contributed by atoms with Crippen molar-refractivity contribution in [2.45, 2.75) is 13.1 Å². The van der Waals surface area contributed by atoms with E-state index in [0.29, 0.717) is 11.5 Å². The molecule has 0 atom stereocenters. The molecule has 0 radical (unpaired) electrons. The molecule has 0 bridgehead atoms. The highest BCUT2D eigenvalue weighted by atomic mass is 35.5. The predicted molar refractivity (Wildman–Crippen MR) is 117 cm³/mol. The maximum absolute atomic E-state index is 13.3. The maximum Gasteiger partial charge on any atom is 0.339 e. The molecule has 0 aliphatic carbocycles. The summed E-state index contributed by atoms with van der Waals surface area (Å²) in [6, 6.07) is 15.3. The molecule has 1 N–H and O–H groups in total. The number of hydrogen-bond donors (Lipinski definition) is 1. The molecule has 1 heterocycles. The normalized spacial score (nSPS) is 11.8. The number of carbonyl (C=O) groups excluding carboxylic acids is 1. The molecule has 1 amide bonds. The SMILES string of the molecule is O=C(O)c1cc(Cl)ccc1OCC(=O)N(Cc1ccc(F)cc1)Cc1ccc2c(c1)OCO2. The Labute approximate surface area is 193 Å². The van der Waals surface area contributed by atoms with Crippen molar-refractivity contribution in [1.29, 1.82) is 0 Å². The summed E-state index contributed by atoms with van der Waals surface area (Å²) < 4.78 is 29.6. The van der Waals surface area contributed by atoms with E-state index in [2.05, 4.69) is 0 Å². The van der Waals surface area contributed by atoms with Gasteiger partial charge in [-0.15, -0.1) is 0 Å². The third-order valence-corrected chi connectivity index (χ3v) is 5.21. The molecule has 9 heteroatoms. The zero-order chi connectivity index (χ0) is 23.4. The van der Waals surface area contributed by atoms with Gasteiger partial charge in [0.15, 0.2) is 18.1 Å². The second kappa shape index (κ2) is 9.79. The number of fused-ring (bicyclic) bond motifs is 1. The smallest absolute Gasteiger partial charge is 0.339 e. The van der Waals surface area contributed by atoms with Crippen LogP contribution in [0, 0.1) is 5.82 Å². The number of nitrogens with zero attached hydrogens (tertiary/aromatic N) is 1. The number of aromatic carboxylic acids is 1. The van der Waals surface area contributed by atoms with Crippen molar-refractivity contribution in [1.82, 2.24) is 4.90 Å². The summed E-state index contributed by atoms with van der Waals surface area (Å²) in [6.07, 6.45) is 0. The minimum Gasteiger partial charge on any atom is -0.483 e. The van der Waals surface area contributed by atoms with Crippen molar-refractivity contribution in [3.05, 3.63) is 88.2 Å². The summed E-state index contributed by atoms with van der Waals surface area (Å²) in [5.74, 6) is -0.732. The topological polar surface area (TPSA) is 85.3 Å². The van der Waals surface area contributed by atoms with E-state index in [1.54, 1.807) is 24.3 Å². The number of benzene rings is 3. The van der Waals surface area contributed by atoms with Gasteiger partial charge in [0.2, 0.25) is 6.79 Å². The Morgan fingerprint density at radius 1 is 0.970 bits per heavy atom. The lowest BCUT2D eigenvalue weighted by Gasteiger charge is -2.23. The Kier molecular flexibility index (Phi) is 6.65. The van der Waals surface area contributed by atoms with Crippen molar-refractivity contribution in [2.75, 3.05) is 13.4 Å². The van der Waals surface area contributed by atoms with E-state index in [0.717, 1.165) is 11.1 Å². The summed E-state index contributed by atoms with van der Waals surface area (Å²) in [6.45, 7) is 0.164. The molecule has 0 aromatic heterocycles. The summed E-state index contributed by atoms with van der Waals surface area (Å²) in [5.41, 5.74) is 1.38. The van der Waals surface area contributed by atoms with Gasteiger partial charge in [-0.2, -0.15) is 0 Å². The average molecular weight is 472 g/mol. The number of amides is 1. The van der Waals surface area contributed by atoms with Crippen LogP contribution in [0.25, 0.3) is 0 Å². The van der Waals surface area contributed by atoms with Gasteiger partial charge in [-0.3, -0.25) is 4.79 Å². The first-order valence-electron chi connectivity index (χ1n) is 9.95. The Hall–Kier alpha value is -3.78. The first kappa shape index (κ1) is 22.4. The number of carboxylic acid groups (broad SMARTS) is 1. The van der Waals surface area contributed by atoms with E-state index in [1.165, 1.54) is 35.2 Å². The largest absolute Gasteiger partial charge is 0.483 e. The lowest BCUT2D eigenvalue weighted by atomic mass is 10.1. The number of rotatable bonds is 8. The molecule has 0 fully saturated rings. The van der Waals surface area contributed by atoms with E-state index >= 15 is 0 Å². The molecule has 0 saturated heterocycles. The van der Waals surface area contributed by atoms with Crippen LogP contribution < -0.4 is 14.2 Å². The summed E-state index contributed by atoms with van der Waals surface area (Å²) >= 11 is 5.87. The van der Waals surface area contributed by atoms with Crippen LogP contribution in [0.1, 0.15) is 21.5 Å². The van der Waals surface area contributed by atoms with Gasteiger partial charge in [0, 0.05) is 18.1 Å². The molecule has 33 heavy (non-hydrogen) atoms. The van der Waals surface area contributed by atoms with Crippen LogP contribution >= 0.6 is 11.6 Å². The van der Waals surface area contributed by atoms with E-state index < -0.39 is 12.6 Å². The van der Waals surface area contributed by atoms with Crippen LogP contribution in [-0.4, -0.2) is 35.3 Å². The molecule has 3 aromatic rings. The predicted octanol–water partition coefficient (Wildman–Crippen LogP) is 4.51. The van der Waals surface area contributed by atoms with Gasteiger partial charge in [0.05, 0.1) is 0 Å². The van der Waals surface area contributed by atoms with Crippen molar-refractivity contribution in [3.63, 3.8) is 0 Å². The summed E-state index contributed by atoms with van der Waals surface area (Å²) in [5, 5.41) is 9.61. The standard InChI is InChI=1S/C24H19ClFNO6/c25-17-4-8-20(19(10-17)24(29)30)31-13-23(28)27(11-15-1-5-18(26)6-2-15)12-16-3-7-21-22(9-16)33-14-32-21/h1-10H,11-14H2,(H,29,30). The third kappa shape index (κ3) is 5.53. The number of halogens is 2. The Bertz CT molecular complexity index is 1180. The maximum atomic E-state index is 13.3. The van der Waals surface area contributed by atoms with E-state index in [9.17, 15) is 19.1 Å². The molecule has 1 aliphatic heterocycles. The molecule has 7 nitrogen and oxygen atoms in total. The van der Waals surface area contributed by atoms with Crippen LogP contribution in [0.3, 0.4) is 0 Å². The highest BCUT2D eigenvalue weighted by molar-refractivity contribution is 6.31. The van der Waals surface area contributed by atoms with Gasteiger partial charge in [0.1, 0.15) is 17.1 Å². The Morgan fingerprint density at radius 3 is 2.42 bits per heavy atom. The summed E-state index contributed by atoms with van der Waals surface area (Å²) in [4.78, 5) is 26.1. The lowest BCUT2D eigenvalue weighted by Crippen LogP contribution is -2.34. The van der Waals surface area contributed by atoms with E-state index in [4.69, 9.17) is 25.8 Å². The van der Waals surface area contributed by atoms with Gasteiger partial charge >= 0.3 is 5.97 Å². The van der Waals surface area contributed by atoms with Gasteiger partial charge in [-0.05, 0) is 53.6 Å². The van der Waals surface area contributed by atoms with Crippen molar-refractivity contribution in [2.24, 2.45) is 0 Å². The van der Waals surface area contributed by atoms with Crippen LogP contribution in [0.4, 0.5) is 4.39 Å². The van der Waals surface area contributed by atoms with Crippen LogP contribution in [0.15, 0.2) is 60.7 Å². The zero-order valence-electron chi connectivity index (χ0n) is 17.3. The Morgan fingerprint density at radius 2 is 1.67 bits per heavy atom. The highest BCUT2D eigenvalue weighted by Gasteiger charge is 2.20. The van der Waals surface area contributed by atoms with Gasteiger partial charge < -0.3 is 24.2 Å². The molecule has 1 aliphatic rings. The first-order valence-corrected chi connectivity index (χ1v) is 10.3. The lowest BCUT2D eigenvalue weighted by molar-refractivity contribution is -0.134. The van der Waals surface area contributed by atoms with Gasteiger partial charge in [0.25, 0.3) is 5.91 Å².